The molecule has 0 radical (unpaired) electrons. The molecule has 0 fully saturated rings. The Morgan fingerprint density at radius 1 is 1.36 bits per heavy atom. The average Bonchev–Trinajstić information content (AvgIpc) is 3.04. The lowest BCUT2D eigenvalue weighted by Gasteiger charge is -2.25. The fourth-order valence-electron chi connectivity index (χ4n) is 3.21. The fourth-order valence-corrected chi connectivity index (χ4v) is 3.21. The highest BCUT2D eigenvalue weighted by Gasteiger charge is 2.24. The second kappa shape index (κ2) is 6.12. The predicted octanol–water partition coefficient (Wildman–Crippen LogP) is 0.593. The SMILES string of the molecule is CCc1nnc2n1CC(NC(=O)c1cnc3ccccn3c1=O)CC2. The number of fused-ring (bicyclic) bond motifs is 2. The molecule has 1 aliphatic rings. The molecule has 0 aliphatic carbocycles. The van der Waals surface area contributed by atoms with Gasteiger partial charge in [-0.05, 0) is 18.6 Å². The van der Waals surface area contributed by atoms with Crippen molar-refractivity contribution in [1.29, 1.82) is 0 Å². The first kappa shape index (κ1) is 15.5. The topological polar surface area (TPSA) is 94.2 Å². The third kappa shape index (κ3) is 2.69. The number of carbonyl (C=O) groups excluding carboxylic acids is 1. The highest BCUT2D eigenvalue weighted by Crippen LogP contribution is 2.15. The minimum atomic E-state index is -0.393. The van der Waals surface area contributed by atoms with Crippen molar-refractivity contribution in [3.05, 3.63) is 58.2 Å². The summed E-state index contributed by atoms with van der Waals surface area (Å²) in [5.41, 5.74) is 0.204. The zero-order valence-electron chi connectivity index (χ0n) is 13.8. The number of nitrogens with zero attached hydrogens (tertiary/aromatic N) is 5. The van der Waals surface area contributed by atoms with Crippen molar-refractivity contribution >= 4 is 11.6 Å². The molecule has 1 atom stereocenters. The molecule has 128 valence electrons. The van der Waals surface area contributed by atoms with Crippen LogP contribution in [-0.4, -0.2) is 36.1 Å². The molecule has 4 rings (SSSR count). The van der Waals surface area contributed by atoms with Crippen LogP contribution in [0.4, 0.5) is 0 Å². The van der Waals surface area contributed by atoms with Gasteiger partial charge in [-0.25, -0.2) is 4.98 Å². The molecule has 1 unspecified atom stereocenters. The maximum atomic E-state index is 12.6. The van der Waals surface area contributed by atoms with E-state index < -0.39 is 5.91 Å². The molecule has 0 bridgehead atoms. The Morgan fingerprint density at radius 2 is 2.24 bits per heavy atom. The molecular formula is C17H18N6O2. The predicted molar refractivity (Wildman–Crippen MR) is 90.4 cm³/mol. The van der Waals surface area contributed by atoms with Crippen molar-refractivity contribution in [1.82, 2.24) is 29.5 Å². The quantitative estimate of drug-likeness (QED) is 0.754. The number of amides is 1. The summed E-state index contributed by atoms with van der Waals surface area (Å²) in [4.78, 5) is 29.3. The van der Waals surface area contributed by atoms with Gasteiger partial charge in [-0.1, -0.05) is 13.0 Å². The van der Waals surface area contributed by atoms with E-state index in [0.717, 1.165) is 30.9 Å². The van der Waals surface area contributed by atoms with Crippen LogP contribution in [0.3, 0.4) is 0 Å². The van der Waals surface area contributed by atoms with E-state index in [1.807, 2.05) is 6.92 Å². The molecule has 8 nitrogen and oxygen atoms in total. The van der Waals surface area contributed by atoms with E-state index in [4.69, 9.17) is 0 Å². The van der Waals surface area contributed by atoms with Crippen molar-refractivity contribution < 1.29 is 4.79 Å². The smallest absolute Gasteiger partial charge is 0.270 e. The first-order valence-electron chi connectivity index (χ1n) is 8.35. The van der Waals surface area contributed by atoms with Crippen LogP contribution in [0.2, 0.25) is 0 Å². The molecule has 0 saturated carbocycles. The second-order valence-electron chi connectivity index (χ2n) is 6.11. The summed E-state index contributed by atoms with van der Waals surface area (Å²) >= 11 is 0. The zero-order chi connectivity index (χ0) is 17.4. The fraction of sp³-hybridized carbons (Fsp3) is 0.353. The summed E-state index contributed by atoms with van der Waals surface area (Å²) < 4.78 is 3.43. The van der Waals surface area contributed by atoms with E-state index in [-0.39, 0.29) is 17.2 Å². The Kier molecular flexibility index (Phi) is 3.79. The summed E-state index contributed by atoms with van der Waals surface area (Å²) in [5.74, 6) is 1.48. The Hall–Kier alpha value is -3.03. The van der Waals surface area contributed by atoms with Crippen LogP contribution >= 0.6 is 0 Å². The van der Waals surface area contributed by atoms with Gasteiger partial charge in [0, 0.05) is 37.8 Å². The third-order valence-electron chi connectivity index (χ3n) is 4.53. The number of hydrogen-bond acceptors (Lipinski definition) is 5. The van der Waals surface area contributed by atoms with E-state index in [1.165, 1.54) is 10.6 Å². The third-order valence-corrected chi connectivity index (χ3v) is 4.53. The largest absolute Gasteiger partial charge is 0.347 e. The molecule has 4 heterocycles. The van der Waals surface area contributed by atoms with Gasteiger partial charge in [-0.15, -0.1) is 10.2 Å². The Morgan fingerprint density at radius 3 is 3.08 bits per heavy atom. The summed E-state index contributed by atoms with van der Waals surface area (Å²) in [6, 6.07) is 5.20. The van der Waals surface area contributed by atoms with Crippen LogP contribution in [0.15, 0.2) is 35.4 Å². The van der Waals surface area contributed by atoms with Crippen molar-refractivity contribution in [2.24, 2.45) is 0 Å². The van der Waals surface area contributed by atoms with E-state index in [9.17, 15) is 9.59 Å². The lowest BCUT2D eigenvalue weighted by Crippen LogP contribution is -2.43. The van der Waals surface area contributed by atoms with Gasteiger partial charge in [0.2, 0.25) is 0 Å². The highest BCUT2D eigenvalue weighted by atomic mass is 16.2. The van der Waals surface area contributed by atoms with Crippen LogP contribution in [0.1, 0.15) is 35.4 Å². The number of nitrogens with one attached hydrogen (secondary N) is 1. The number of carbonyl (C=O) groups is 1. The molecule has 1 N–H and O–H groups in total. The van der Waals surface area contributed by atoms with Crippen molar-refractivity contribution in [2.75, 3.05) is 0 Å². The average molecular weight is 338 g/mol. The molecule has 0 saturated heterocycles. The minimum Gasteiger partial charge on any atom is -0.347 e. The lowest BCUT2D eigenvalue weighted by molar-refractivity contribution is 0.0925. The molecular weight excluding hydrogens is 320 g/mol. The van der Waals surface area contributed by atoms with Crippen molar-refractivity contribution in [3.63, 3.8) is 0 Å². The van der Waals surface area contributed by atoms with Crippen LogP contribution in [0.5, 0.6) is 0 Å². The first-order valence-corrected chi connectivity index (χ1v) is 8.35. The summed E-state index contributed by atoms with van der Waals surface area (Å²) in [7, 11) is 0. The van der Waals surface area contributed by atoms with Crippen molar-refractivity contribution in [2.45, 2.75) is 38.8 Å². The van der Waals surface area contributed by atoms with E-state index in [2.05, 4.69) is 25.1 Å². The first-order chi connectivity index (χ1) is 12.2. The Balaban J connectivity index is 1.57. The normalized spacial score (nSPS) is 16.6. The van der Waals surface area contributed by atoms with E-state index in [1.54, 1.807) is 24.4 Å². The maximum absolute atomic E-state index is 12.6. The molecule has 0 spiro atoms. The van der Waals surface area contributed by atoms with Gasteiger partial charge in [-0.2, -0.15) is 0 Å². The lowest BCUT2D eigenvalue weighted by atomic mass is 10.1. The van der Waals surface area contributed by atoms with Gasteiger partial charge in [0.25, 0.3) is 11.5 Å². The Labute approximate surface area is 143 Å². The number of hydrogen-bond donors (Lipinski definition) is 1. The van der Waals surface area contributed by atoms with Gasteiger partial charge >= 0.3 is 0 Å². The zero-order valence-corrected chi connectivity index (χ0v) is 13.8. The van der Waals surface area contributed by atoms with E-state index in [0.29, 0.717) is 12.2 Å². The van der Waals surface area contributed by atoms with Gasteiger partial charge < -0.3 is 9.88 Å². The monoisotopic (exact) mass is 338 g/mol. The second-order valence-corrected chi connectivity index (χ2v) is 6.11. The molecule has 25 heavy (non-hydrogen) atoms. The molecule has 8 heteroatoms. The maximum Gasteiger partial charge on any atom is 0.270 e. The van der Waals surface area contributed by atoms with Gasteiger partial charge in [0.1, 0.15) is 22.9 Å². The molecule has 3 aromatic rings. The molecule has 1 amide bonds. The number of pyridine rings is 1. The van der Waals surface area contributed by atoms with Gasteiger partial charge in [0.15, 0.2) is 0 Å². The van der Waals surface area contributed by atoms with Crippen LogP contribution < -0.4 is 10.9 Å². The Bertz CT molecular complexity index is 992. The van der Waals surface area contributed by atoms with Crippen LogP contribution in [0.25, 0.3) is 5.65 Å². The number of rotatable bonds is 3. The van der Waals surface area contributed by atoms with Crippen LogP contribution in [0, 0.1) is 0 Å². The van der Waals surface area contributed by atoms with Crippen molar-refractivity contribution in [3.8, 4) is 0 Å². The van der Waals surface area contributed by atoms with Gasteiger partial charge in [-0.3, -0.25) is 14.0 Å². The summed E-state index contributed by atoms with van der Waals surface area (Å²) in [5, 5.41) is 11.3. The van der Waals surface area contributed by atoms with Gasteiger partial charge in [0.05, 0.1) is 0 Å². The summed E-state index contributed by atoms with van der Waals surface area (Å²) in [6.45, 7) is 2.65. The highest BCUT2D eigenvalue weighted by molar-refractivity contribution is 5.93. The number of aryl methyl sites for hydroxylation is 2. The van der Waals surface area contributed by atoms with Crippen LogP contribution in [-0.2, 0) is 19.4 Å². The molecule has 1 aliphatic heterocycles. The molecule has 3 aromatic heterocycles. The standard InChI is InChI=1S/C17H18N6O2/c1-2-13-20-21-15-7-6-11(10-23(13)15)19-16(24)12-9-18-14-5-3-4-8-22(14)17(12)25/h3-5,8-9,11H,2,6-7,10H2,1H3,(H,19,24). The minimum absolute atomic E-state index is 0.0500. The molecule has 0 aromatic carbocycles. The number of aromatic nitrogens is 5. The summed E-state index contributed by atoms with van der Waals surface area (Å²) in [6.07, 6.45) is 5.28. The van der Waals surface area contributed by atoms with E-state index >= 15 is 0 Å².